The van der Waals surface area contributed by atoms with Crippen molar-refractivity contribution in [2.24, 2.45) is 10.9 Å². The molecule has 9 nitrogen and oxygen atoms in total. The van der Waals surface area contributed by atoms with E-state index in [1.807, 2.05) is 0 Å². The van der Waals surface area contributed by atoms with Gasteiger partial charge in [-0.15, -0.1) is 0 Å². The summed E-state index contributed by atoms with van der Waals surface area (Å²) in [6.45, 7) is 2.69. The number of benzene rings is 1. The van der Waals surface area contributed by atoms with Gasteiger partial charge >= 0.3 is 12.1 Å². The van der Waals surface area contributed by atoms with Crippen molar-refractivity contribution in [2.75, 3.05) is 20.7 Å². The fourth-order valence-corrected chi connectivity index (χ4v) is 4.80. The van der Waals surface area contributed by atoms with Crippen molar-refractivity contribution in [3.8, 4) is 0 Å². The average molecular weight is 564 g/mol. The molecule has 1 N–H and O–H groups in total. The number of aliphatic imine (C=N–C) groups is 1. The van der Waals surface area contributed by atoms with Crippen LogP contribution >= 0.6 is 11.6 Å². The molecule has 0 radical (unpaired) electrons. The molecule has 1 aromatic rings. The third-order valence-electron chi connectivity index (χ3n) is 6.91. The molecule has 1 atom stereocenters. The van der Waals surface area contributed by atoms with Crippen LogP contribution in [0, 0.1) is 5.92 Å². The number of unbranched alkanes of at least 4 members (excludes halogenated alkanes) is 2. The van der Waals surface area contributed by atoms with Crippen LogP contribution in [0.1, 0.15) is 83.1 Å². The minimum Gasteiger partial charge on any atom is -0.467 e. The third kappa shape index (κ3) is 12.2. The molecule has 0 heterocycles. The number of carbonyl (C=O) groups excluding carboxylic acids is 4. The van der Waals surface area contributed by atoms with Crippen molar-refractivity contribution < 1.29 is 28.7 Å². The Kier molecular flexibility index (Phi) is 14.6. The number of amides is 3. The van der Waals surface area contributed by atoms with Crippen LogP contribution in [-0.2, 0) is 30.5 Å². The lowest BCUT2D eigenvalue weighted by molar-refractivity contribution is -0.145. The second kappa shape index (κ2) is 17.6. The minimum atomic E-state index is -1.05. The molecule has 10 heteroatoms. The molecule has 216 valence electrons. The number of nitrogens with zero attached hydrogens (tertiary/aromatic N) is 2. The molecule has 0 bridgehead atoms. The Morgan fingerprint density at radius 1 is 1.15 bits per heavy atom. The Hall–Kier alpha value is -2.94. The quantitative estimate of drug-likeness (QED) is 0.182. The van der Waals surface area contributed by atoms with Gasteiger partial charge in [0.2, 0.25) is 5.91 Å². The summed E-state index contributed by atoms with van der Waals surface area (Å²) in [5, 5.41) is 3.17. The maximum atomic E-state index is 13.3. The summed E-state index contributed by atoms with van der Waals surface area (Å²) >= 11 is 5.99. The van der Waals surface area contributed by atoms with E-state index < -0.39 is 24.0 Å². The van der Waals surface area contributed by atoms with Gasteiger partial charge in [0.15, 0.2) is 0 Å². The molecule has 1 aliphatic carbocycles. The van der Waals surface area contributed by atoms with Crippen molar-refractivity contribution in [3.05, 3.63) is 34.9 Å². The molecule has 39 heavy (non-hydrogen) atoms. The van der Waals surface area contributed by atoms with Gasteiger partial charge in [0.25, 0.3) is 5.91 Å². The molecule has 0 unspecified atom stereocenters. The zero-order valence-corrected chi connectivity index (χ0v) is 24.1. The first kappa shape index (κ1) is 32.3. The number of hydrogen-bond acceptors (Lipinski definition) is 6. The number of nitrogens with one attached hydrogen (secondary N) is 1. The lowest BCUT2D eigenvalue weighted by Crippen LogP contribution is -2.45. The molecule has 3 amide bonds. The molecule has 1 aliphatic rings. The molecule has 2 rings (SSSR count). The van der Waals surface area contributed by atoms with Gasteiger partial charge in [-0.3, -0.25) is 9.59 Å². The SMILES string of the molecule is CCCCCN(C)C(=O)CC[C@H](NC(=O)C(CC1CCCCC1)=NC(=O)OCc1cccc(Cl)c1)C(=O)OC. The highest BCUT2D eigenvalue weighted by atomic mass is 35.5. The molecule has 1 aromatic carbocycles. The number of hydrogen-bond donors (Lipinski definition) is 1. The zero-order valence-electron chi connectivity index (χ0n) is 23.4. The number of rotatable bonds is 14. The first-order chi connectivity index (χ1) is 18.7. The molecular formula is C29H42ClN3O6. The van der Waals surface area contributed by atoms with E-state index in [0.29, 0.717) is 23.6 Å². The van der Waals surface area contributed by atoms with Crippen LogP contribution in [0.2, 0.25) is 5.02 Å². The average Bonchev–Trinajstić information content (AvgIpc) is 2.93. The van der Waals surface area contributed by atoms with Gasteiger partial charge in [-0.05, 0) is 42.9 Å². The lowest BCUT2D eigenvalue weighted by atomic mass is 9.85. The molecule has 1 fully saturated rings. The van der Waals surface area contributed by atoms with Crippen molar-refractivity contribution in [1.29, 1.82) is 0 Å². The van der Waals surface area contributed by atoms with E-state index >= 15 is 0 Å². The number of ether oxygens (including phenoxy) is 2. The van der Waals surface area contributed by atoms with Crippen LogP contribution in [0.5, 0.6) is 0 Å². The van der Waals surface area contributed by atoms with Gasteiger partial charge in [0.1, 0.15) is 18.4 Å². The Labute approximate surface area is 236 Å². The van der Waals surface area contributed by atoms with E-state index in [1.165, 1.54) is 7.11 Å². The maximum Gasteiger partial charge on any atom is 0.434 e. The lowest BCUT2D eigenvalue weighted by Gasteiger charge is -2.23. The maximum absolute atomic E-state index is 13.3. The molecule has 0 saturated heterocycles. The van der Waals surface area contributed by atoms with Gasteiger partial charge in [0, 0.05) is 25.0 Å². The third-order valence-corrected chi connectivity index (χ3v) is 7.14. The predicted molar refractivity (Wildman–Crippen MR) is 151 cm³/mol. The monoisotopic (exact) mass is 563 g/mol. The smallest absolute Gasteiger partial charge is 0.434 e. The van der Waals surface area contributed by atoms with Crippen LogP contribution in [0.15, 0.2) is 29.3 Å². The van der Waals surface area contributed by atoms with Gasteiger partial charge in [-0.25, -0.2) is 9.59 Å². The van der Waals surface area contributed by atoms with Gasteiger partial charge in [-0.1, -0.05) is 75.6 Å². The van der Waals surface area contributed by atoms with Crippen molar-refractivity contribution in [1.82, 2.24) is 10.2 Å². The molecule has 0 aliphatic heterocycles. The van der Waals surface area contributed by atoms with Crippen LogP contribution in [0.25, 0.3) is 0 Å². The summed E-state index contributed by atoms with van der Waals surface area (Å²) in [5.74, 6) is -1.21. The van der Waals surface area contributed by atoms with Crippen LogP contribution in [0.4, 0.5) is 4.79 Å². The second-order valence-corrected chi connectivity index (χ2v) is 10.5. The fourth-order valence-electron chi connectivity index (χ4n) is 4.58. The summed E-state index contributed by atoms with van der Waals surface area (Å²) in [5.41, 5.74) is 0.703. The van der Waals surface area contributed by atoms with Crippen LogP contribution < -0.4 is 5.32 Å². The number of carbonyl (C=O) groups is 4. The Bertz CT molecular complexity index is 993. The van der Waals surface area contributed by atoms with Crippen molar-refractivity contribution in [2.45, 2.75) is 90.2 Å². The highest BCUT2D eigenvalue weighted by molar-refractivity contribution is 6.40. The minimum absolute atomic E-state index is 0.00917. The normalized spacial score (nSPS) is 14.8. The highest BCUT2D eigenvalue weighted by Gasteiger charge is 2.28. The molecular weight excluding hydrogens is 522 g/mol. The number of methoxy groups -OCH3 is 1. The Morgan fingerprint density at radius 2 is 1.90 bits per heavy atom. The van der Waals surface area contributed by atoms with Crippen LogP contribution in [-0.4, -0.2) is 61.2 Å². The summed E-state index contributed by atoms with van der Waals surface area (Å²) in [6.07, 6.45) is 7.65. The van der Waals surface area contributed by atoms with Crippen molar-refractivity contribution >= 4 is 41.2 Å². The summed E-state index contributed by atoms with van der Waals surface area (Å²) in [4.78, 5) is 56.5. The first-order valence-corrected chi connectivity index (χ1v) is 14.2. The van der Waals surface area contributed by atoms with Crippen LogP contribution in [0.3, 0.4) is 0 Å². The fraction of sp³-hybridized carbons (Fsp3) is 0.621. The van der Waals surface area contributed by atoms with E-state index in [1.54, 1.807) is 36.2 Å². The number of esters is 1. The number of halogens is 1. The second-order valence-electron chi connectivity index (χ2n) is 10.1. The van der Waals surface area contributed by atoms with Gasteiger partial charge in [0.05, 0.1) is 7.11 Å². The standard InChI is InChI=1S/C29H42ClN3O6/c1-4-5-9-17-33(2)26(34)16-15-24(28(36)38-3)31-27(35)25(19-21-11-7-6-8-12-21)32-29(37)39-20-22-13-10-14-23(30)18-22/h10,13-14,18,21,24H,4-9,11-12,15-17,19-20H2,1-3H3,(H,31,35)/t24-/m0/s1. The molecule has 1 saturated carbocycles. The largest absolute Gasteiger partial charge is 0.467 e. The van der Waals surface area contributed by atoms with E-state index in [4.69, 9.17) is 21.1 Å². The molecule has 0 spiro atoms. The highest BCUT2D eigenvalue weighted by Crippen LogP contribution is 2.27. The van der Waals surface area contributed by atoms with E-state index in [9.17, 15) is 19.2 Å². The van der Waals surface area contributed by atoms with Gasteiger partial charge in [-0.2, -0.15) is 4.99 Å². The van der Waals surface area contributed by atoms with E-state index in [-0.39, 0.29) is 37.0 Å². The van der Waals surface area contributed by atoms with Gasteiger partial charge < -0.3 is 19.7 Å². The summed E-state index contributed by atoms with van der Waals surface area (Å²) < 4.78 is 10.1. The van der Waals surface area contributed by atoms with E-state index in [2.05, 4.69) is 17.2 Å². The van der Waals surface area contributed by atoms with Crippen molar-refractivity contribution in [3.63, 3.8) is 0 Å². The molecule has 0 aromatic heterocycles. The topological polar surface area (TPSA) is 114 Å². The Balaban J connectivity index is 2.08. The Morgan fingerprint density at radius 3 is 2.56 bits per heavy atom. The first-order valence-electron chi connectivity index (χ1n) is 13.8. The summed E-state index contributed by atoms with van der Waals surface area (Å²) in [7, 11) is 2.96. The van der Waals surface area contributed by atoms with E-state index in [0.717, 1.165) is 51.4 Å². The summed E-state index contributed by atoms with van der Waals surface area (Å²) in [6, 6.07) is 5.86. The predicted octanol–water partition coefficient (Wildman–Crippen LogP) is 5.47. The zero-order chi connectivity index (χ0) is 28.6.